The van der Waals surface area contributed by atoms with Crippen molar-refractivity contribution in [3.8, 4) is 0 Å². The van der Waals surface area contributed by atoms with Crippen molar-refractivity contribution < 1.29 is 17.9 Å². The quantitative estimate of drug-likeness (QED) is 0.764. The third-order valence-electron chi connectivity index (χ3n) is 4.28. The smallest absolute Gasteiger partial charge is 0.264 e. The van der Waals surface area contributed by atoms with Gasteiger partial charge in [-0.25, -0.2) is 8.42 Å². The van der Waals surface area contributed by atoms with Gasteiger partial charge in [-0.2, -0.15) is 0 Å². The molecular formula is C19H21ClN2O4S. The minimum atomic E-state index is -3.90. The summed E-state index contributed by atoms with van der Waals surface area (Å²) in [7, 11) is -3.90. The van der Waals surface area contributed by atoms with Crippen LogP contribution in [0.1, 0.15) is 12.8 Å². The Morgan fingerprint density at radius 1 is 1.15 bits per heavy atom. The second-order valence-corrected chi connectivity index (χ2v) is 8.54. The number of amides is 1. The summed E-state index contributed by atoms with van der Waals surface area (Å²) in [5.41, 5.74) is 0.371. The Kier molecular flexibility index (Phi) is 6.36. The van der Waals surface area contributed by atoms with Gasteiger partial charge in [-0.1, -0.05) is 29.8 Å². The van der Waals surface area contributed by atoms with E-state index >= 15 is 0 Å². The van der Waals surface area contributed by atoms with Crippen LogP contribution in [0.25, 0.3) is 0 Å². The highest BCUT2D eigenvalue weighted by atomic mass is 35.5. The second-order valence-electron chi connectivity index (χ2n) is 6.24. The van der Waals surface area contributed by atoms with E-state index in [-0.39, 0.29) is 23.5 Å². The largest absolute Gasteiger partial charge is 0.376 e. The molecule has 2 aromatic carbocycles. The summed E-state index contributed by atoms with van der Waals surface area (Å²) in [6, 6.07) is 14.4. The van der Waals surface area contributed by atoms with Crippen molar-refractivity contribution in [2.75, 3.05) is 24.0 Å². The van der Waals surface area contributed by atoms with E-state index in [0.29, 0.717) is 23.9 Å². The molecule has 1 fully saturated rings. The molecule has 144 valence electrons. The number of nitrogens with zero attached hydrogens (tertiary/aromatic N) is 1. The van der Waals surface area contributed by atoms with Gasteiger partial charge in [0.2, 0.25) is 5.91 Å². The second kappa shape index (κ2) is 8.73. The third kappa shape index (κ3) is 5.00. The van der Waals surface area contributed by atoms with Crippen LogP contribution in [0.4, 0.5) is 5.69 Å². The van der Waals surface area contributed by atoms with Gasteiger partial charge in [-0.15, -0.1) is 0 Å². The lowest BCUT2D eigenvalue weighted by Gasteiger charge is -2.24. The molecule has 1 aliphatic heterocycles. The molecule has 0 aromatic heterocycles. The fourth-order valence-corrected chi connectivity index (χ4v) is 4.43. The number of hydrogen-bond acceptors (Lipinski definition) is 4. The van der Waals surface area contributed by atoms with Gasteiger partial charge in [0.05, 0.1) is 16.7 Å². The number of ether oxygens (including phenoxy) is 1. The van der Waals surface area contributed by atoms with Gasteiger partial charge < -0.3 is 10.1 Å². The Bertz CT molecular complexity index is 866. The van der Waals surface area contributed by atoms with Crippen LogP contribution < -0.4 is 9.62 Å². The van der Waals surface area contributed by atoms with Crippen molar-refractivity contribution >= 4 is 33.2 Å². The molecule has 2 aromatic rings. The SMILES string of the molecule is O=C(CN(c1ccc(Cl)cc1)S(=O)(=O)c1ccccc1)NCC1CCCO1. The molecule has 0 aliphatic carbocycles. The zero-order valence-corrected chi connectivity index (χ0v) is 16.2. The lowest BCUT2D eigenvalue weighted by molar-refractivity contribution is -0.120. The van der Waals surface area contributed by atoms with Gasteiger partial charge in [0.25, 0.3) is 10.0 Å². The van der Waals surface area contributed by atoms with E-state index in [1.165, 1.54) is 12.1 Å². The summed E-state index contributed by atoms with van der Waals surface area (Å²) in [6.07, 6.45) is 1.85. The third-order valence-corrected chi connectivity index (χ3v) is 6.32. The van der Waals surface area contributed by atoms with Gasteiger partial charge in [-0.05, 0) is 49.2 Å². The number of hydrogen-bond donors (Lipinski definition) is 1. The molecule has 0 saturated carbocycles. The first-order chi connectivity index (χ1) is 13.0. The molecular weight excluding hydrogens is 388 g/mol. The summed E-state index contributed by atoms with van der Waals surface area (Å²) in [5.74, 6) is -0.389. The maximum absolute atomic E-state index is 13.1. The average Bonchev–Trinajstić information content (AvgIpc) is 3.19. The zero-order valence-electron chi connectivity index (χ0n) is 14.7. The number of carbonyl (C=O) groups excluding carboxylic acids is 1. The first-order valence-electron chi connectivity index (χ1n) is 8.68. The monoisotopic (exact) mass is 408 g/mol. The summed E-state index contributed by atoms with van der Waals surface area (Å²) < 4.78 is 32.8. The van der Waals surface area contributed by atoms with Crippen molar-refractivity contribution in [2.24, 2.45) is 0 Å². The highest BCUT2D eigenvalue weighted by molar-refractivity contribution is 7.92. The number of sulfonamides is 1. The number of rotatable bonds is 7. The van der Waals surface area contributed by atoms with Crippen LogP contribution in [0, 0.1) is 0 Å². The highest BCUT2D eigenvalue weighted by Crippen LogP contribution is 2.25. The number of halogens is 1. The molecule has 1 atom stereocenters. The topological polar surface area (TPSA) is 75.7 Å². The number of benzene rings is 2. The molecule has 0 spiro atoms. The van der Waals surface area contributed by atoms with Crippen molar-refractivity contribution in [3.05, 3.63) is 59.6 Å². The maximum Gasteiger partial charge on any atom is 0.264 e. The molecule has 1 amide bonds. The molecule has 0 bridgehead atoms. The molecule has 8 heteroatoms. The van der Waals surface area contributed by atoms with Crippen LogP contribution in [-0.2, 0) is 19.6 Å². The van der Waals surface area contributed by atoms with E-state index in [1.807, 2.05) is 0 Å². The first-order valence-corrected chi connectivity index (χ1v) is 10.5. The van der Waals surface area contributed by atoms with Crippen LogP contribution >= 0.6 is 11.6 Å². The first kappa shape index (κ1) is 19.7. The normalized spacial score (nSPS) is 16.9. The molecule has 1 unspecified atom stereocenters. The van der Waals surface area contributed by atoms with Crippen molar-refractivity contribution in [1.82, 2.24) is 5.32 Å². The van der Waals surface area contributed by atoms with Gasteiger partial charge in [0.1, 0.15) is 6.54 Å². The molecule has 1 heterocycles. The lowest BCUT2D eigenvalue weighted by atomic mass is 10.2. The maximum atomic E-state index is 13.1. The Morgan fingerprint density at radius 3 is 2.48 bits per heavy atom. The number of anilines is 1. The fraction of sp³-hybridized carbons (Fsp3) is 0.316. The number of carbonyl (C=O) groups is 1. The van der Waals surface area contributed by atoms with E-state index in [9.17, 15) is 13.2 Å². The summed E-state index contributed by atoms with van der Waals surface area (Å²) >= 11 is 5.91. The van der Waals surface area contributed by atoms with Crippen molar-refractivity contribution in [1.29, 1.82) is 0 Å². The molecule has 1 saturated heterocycles. The molecule has 6 nitrogen and oxygen atoms in total. The Balaban J connectivity index is 1.81. The molecule has 1 N–H and O–H groups in total. The molecule has 27 heavy (non-hydrogen) atoms. The predicted molar refractivity (Wildman–Crippen MR) is 104 cm³/mol. The highest BCUT2D eigenvalue weighted by Gasteiger charge is 2.27. The Labute approximate surface area is 164 Å². The number of nitrogens with one attached hydrogen (secondary N) is 1. The van der Waals surface area contributed by atoms with Gasteiger partial charge >= 0.3 is 0 Å². The van der Waals surface area contributed by atoms with Crippen LogP contribution in [0.3, 0.4) is 0 Å². The molecule has 1 aliphatic rings. The van der Waals surface area contributed by atoms with E-state index in [2.05, 4.69) is 5.32 Å². The van der Waals surface area contributed by atoms with Gasteiger partial charge in [0.15, 0.2) is 0 Å². The van der Waals surface area contributed by atoms with Crippen molar-refractivity contribution in [2.45, 2.75) is 23.8 Å². The summed E-state index contributed by atoms with van der Waals surface area (Å²) in [4.78, 5) is 12.5. The standard InChI is InChI=1S/C19H21ClN2O4S/c20-15-8-10-16(11-9-15)22(27(24,25)18-6-2-1-3-7-18)14-19(23)21-13-17-5-4-12-26-17/h1-3,6-11,17H,4-5,12-14H2,(H,21,23). The van der Waals surface area contributed by atoms with Gasteiger partial charge in [0, 0.05) is 18.2 Å². The zero-order chi connectivity index (χ0) is 19.3. The van der Waals surface area contributed by atoms with Crippen LogP contribution in [0.5, 0.6) is 0 Å². The van der Waals surface area contributed by atoms with E-state index in [1.54, 1.807) is 42.5 Å². The van der Waals surface area contributed by atoms with Crippen LogP contribution in [0.15, 0.2) is 59.5 Å². The Hall–Kier alpha value is -2.09. The Morgan fingerprint density at radius 2 is 1.85 bits per heavy atom. The summed E-state index contributed by atoms with van der Waals surface area (Å²) in [6.45, 7) is 0.740. The van der Waals surface area contributed by atoms with E-state index in [4.69, 9.17) is 16.3 Å². The molecule has 3 rings (SSSR count). The van der Waals surface area contributed by atoms with E-state index in [0.717, 1.165) is 17.1 Å². The van der Waals surface area contributed by atoms with Crippen LogP contribution in [0.2, 0.25) is 5.02 Å². The minimum Gasteiger partial charge on any atom is -0.376 e. The average molecular weight is 409 g/mol. The minimum absolute atomic E-state index is 0.0105. The predicted octanol–water partition coefficient (Wildman–Crippen LogP) is 2.83. The van der Waals surface area contributed by atoms with Crippen molar-refractivity contribution in [3.63, 3.8) is 0 Å². The van der Waals surface area contributed by atoms with Gasteiger partial charge in [-0.3, -0.25) is 9.10 Å². The lowest BCUT2D eigenvalue weighted by Crippen LogP contribution is -2.42. The fourth-order valence-electron chi connectivity index (χ4n) is 2.86. The molecule has 0 radical (unpaired) electrons. The summed E-state index contributed by atoms with van der Waals surface area (Å²) in [5, 5.41) is 3.25. The van der Waals surface area contributed by atoms with E-state index < -0.39 is 10.0 Å². The van der Waals surface area contributed by atoms with Crippen LogP contribution in [-0.4, -0.2) is 40.1 Å².